The van der Waals surface area contributed by atoms with Gasteiger partial charge in [-0.1, -0.05) is 12.1 Å². The summed E-state index contributed by atoms with van der Waals surface area (Å²) in [5, 5.41) is 8.85. The van der Waals surface area contributed by atoms with E-state index >= 15 is 0 Å². The van der Waals surface area contributed by atoms with Gasteiger partial charge in [-0.15, -0.1) is 11.3 Å². The number of benzene rings is 1. The van der Waals surface area contributed by atoms with Crippen LogP contribution in [0, 0.1) is 5.82 Å². The Morgan fingerprint density at radius 1 is 1.25 bits per heavy atom. The first kappa shape index (κ1) is 16.6. The van der Waals surface area contributed by atoms with Crippen LogP contribution in [0.1, 0.15) is 16.1 Å². The third kappa shape index (κ3) is 3.80. The fourth-order valence-electron chi connectivity index (χ4n) is 2.60. The summed E-state index contributed by atoms with van der Waals surface area (Å²) in [7, 11) is 0. The van der Waals surface area contributed by atoms with Crippen molar-refractivity contribution in [3.05, 3.63) is 47.1 Å². The van der Waals surface area contributed by atoms with Crippen molar-refractivity contribution in [1.82, 2.24) is 4.90 Å². The highest BCUT2D eigenvalue weighted by Gasteiger charge is 2.27. The van der Waals surface area contributed by atoms with Crippen molar-refractivity contribution in [2.24, 2.45) is 0 Å². The molecule has 1 aromatic heterocycles. The van der Waals surface area contributed by atoms with Crippen molar-refractivity contribution in [2.75, 3.05) is 19.7 Å². The molecule has 0 bridgehead atoms. The fourth-order valence-corrected chi connectivity index (χ4v) is 3.58. The van der Waals surface area contributed by atoms with Crippen LogP contribution >= 0.6 is 11.3 Å². The van der Waals surface area contributed by atoms with E-state index in [1.807, 2.05) is 6.07 Å². The van der Waals surface area contributed by atoms with Crippen molar-refractivity contribution >= 4 is 23.2 Å². The summed E-state index contributed by atoms with van der Waals surface area (Å²) in [6.45, 7) is 1.05. The number of carbonyl (C=O) groups is 2. The van der Waals surface area contributed by atoms with E-state index in [-0.39, 0.29) is 24.7 Å². The first-order valence-corrected chi connectivity index (χ1v) is 8.33. The molecule has 1 atom stereocenters. The number of hydrogen-bond donors (Lipinski definition) is 1. The summed E-state index contributed by atoms with van der Waals surface area (Å²) in [5.74, 6) is -1.37. The molecule has 5 nitrogen and oxygen atoms in total. The summed E-state index contributed by atoms with van der Waals surface area (Å²) in [6.07, 6.45) is -0.591. The molecule has 1 aliphatic rings. The highest BCUT2D eigenvalue weighted by Crippen LogP contribution is 2.29. The number of aliphatic carboxylic acids is 1. The fraction of sp³-hybridized carbons (Fsp3) is 0.294. The Bertz CT molecular complexity index is 743. The number of hydrogen-bond acceptors (Lipinski definition) is 4. The second-order valence-electron chi connectivity index (χ2n) is 5.51. The molecule has 0 spiro atoms. The minimum atomic E-state index is -0.941. The lowest BCUT2D eigenvalue weighted by Gasteiger charge is -2.32. The molecule has 1 fully saturated rings. The summed E-state index contributed by atoms with van der Waals surface area (Å²) in [5.41, 5.74) is 0.853. The van der Waals surface area contributed by atoms with E-state index in [0.29, 0.717) is 18.0 Å². The molecule has 0 aliphatic carbocycles. The average molecular weight is 349 g/mol. The predicted octanol–water partition coefficient (Wildman–Crippen LogP) is 2.87. The van der Waals surface area contributed by atoms with E-state index < -0.39 is 12.1 Å². The highest BCUT2D eigenvalue weighted by molar-refractivity contribution is 7.17. The molecule has 24 heavy (non-hydrogen) atoms. The minimum Gasteiger partial charge on any atom is -0.481 e. The van der Waals surface area contributed by atoms with Crippen LogP contribution in [0.5, 0.6) is 0 Å². The van der Waals surface area contributed by atoms with Crippen LogP contribution in [0.15, 0.2) is 36.4 Å². The molecule has 3 rings (SSSR count). The molecule has 2 heterocycles. The van der Waals surface area contributed by atoms with Gasteiger partial charge in [-0.05, 0) is 29.8 Å². The number of ether oxygens (including phenoxy) is 1. The molecular weight excluding hydrogens is 333 g/mol. The highest BCUT2D eigenvalue weighted by atomic mass is 32.1. The zero-order valence-corrected chi connectivity index (χ0v) is 13.6. The van der Waals surface area contributed by atoms with Gasteiger partial charge in [0.15, 0.2) is 0 Å². The number of carbonyl (C=O) groups excluding carboxylic acids is 1. The van der Waals surface area contributed by atoms with Crippen LogP contribution in [-0.2, 0) is 9.53 Å². The van der Waals surface area contributed by atoms with Crippen molar-refractivity contribution < 1.29 is 23.8 Å². The van der Waals surface area contributed by atoms with E-state index in [4.69, 9.17) is 9.84 Å². The van der Waals surface area contributed by atoms with Gasteiger partial charge in [-0.2, -0.15) is 0 Å². The Labute approximate surface area is 142 Å². The van der Waals surface area contributed by atoms with Gasteiger partial charge in [0.2, 0.25) is 0 Å². The third-order valence-corrected chi connectivity index (χ3v) is 4.90. The number of halogens is 1. The van der Waals surface area contributed by atoms with Crippen LogP contribution in [0.2, 0.25) is 0 Å². The van der Waals surface area contributed by atoms with E-state index in [9.17, 15) is 14.0 Å². The van der Waals surface area contributed by atoms with E-state index in [0.717, 1.165) is 10.4 Å². The lowest BCUT2D eigenvalue weighted by molar-refractivity contribution is -0.141. The molecule has 1 unspecified atom stereocenters. The zero-order chi connectivity index (χ0) is 17.1. The van der Waals surface area contributed by atoms with Gasteiger partial charge < -0.3 is 14.7 Å². The van der Waals surface area contributed by atoms with E-state index in [2.05, 4.69) is 0 Å². The quantitative estimate of drug-likeness (QED) is 0.922. The lowest BCUT2D eigenvalue weighted by atomic mass is 10.2. The zero-order valence-electron chi connectivity index (χ0n) is 12.8. The monoisotopic (exact) mass is 349 g/mol. The first-order valence-electron chi connectivity index (χ1n) is 7.51. The molecule has 126 valence electrons. The molecule has 1 N–H and O–H groups in total. The Balaban J connectivity index is 1.71. The molecule has 0 saturated carbocycles. The van der Waals surface area contributed by atoms with Crippen LogP contribution in [0.3, 0.4) is 0 Å². The molecule has 1 aliphatic heterocycles. The van der Waals surface area contributed by atoms with Crippen molar-refractivity contribution in [3.63, 3.8) is 0 Å². The molecular formula is C17H16FNO4S. The first-order chi connectivity index (χ1) is 11.5. The number of rotatable bonds is 4. The summed E-state index contributed by atoms with van der Waals surface area (Å²) in [6, 6.07) is 9.69. The number of carboxylic acids is 1. The smallest absolute Gasteiger partial charge is 0.306 e. The van der Waals surface area contributed by atoms with E-state index in [1.165, 1.54) is 23.5 Å². The maximum absolute atomic E-state index is 13.0. The van der Waals surface area contributed by atoms with Gasteiger partial charge >= 0.3 is 5.97 Å². The Morgan fingerprint density at radius 2 is 2.00 bits per heavy atom. The predicted molar refractivity (Wildman–Crippen MR) is 87.6 cm³/mol. The largest absolute Gasteiger partial charge is 0.481 e. The summed E-state index contributed by atoms with van der Waals surface area (Å²) < 4.78 is 18.4. The van der Waals surface area contributed by atoms with Gasteiger partial charge in [0.25, 0.3) is 5.91 Å². The maximum atomic E-state index is 13.0. The lowest BCUT2D eigenvalue weighted by Crippen LogP contribution is -2.46. The topological polar surface area (TPSA) is 66.8 Å². The number of thiophene rings is 1. The third-order valence-electron chi connectivity index (χ3n) is 3.77. The SMILES string of the molecule is O=C(O)CC1CN(C(=O)c2ccc(-c3ccc(F)cc3)s2)CCO1. The van der Waals surface area contributed by atoms with Gasteiger partial charge in [0, 0.05) is 18.0 Å². The minimum absolute atomic E-state index is 0.116. The van der Waals surface area contributed by atoms with Gasteiger partial charge in [0.1, 0.15) is 5.82 Å². The van der Waals surface area contributed by atoms with Crippen molar-refractivity contribution in [3.8, 4) is 10.4 Å². The van der Waals surface area contributed by atoms with Crippen molar-refractivity contribution in [2.45, 2.75) is 12.5 Å². The Kier molecular flexibility index (Phi) is 4.92. The number of carboxylic acid groups (broad SMARTS) is 1. The summed E-state index contributed by atoms with van der Waals surface area (Å²) >= 11 is 1.34. The molecule has 0 radical (unpaired) electrons. The number of morpholine rings is 1. The number of amides is 1. The van der Waals surface area contributed by atoms with Crippen LogP contribution in [-0.4, -0.2) is 47.7 Å². The maximum Gasteiger partial charge on any atom is 0.306 e. The molecule has 1 aromatic carbocycles. The normalized spacial score (nSPS) is 17.7. The molecule has 2 aromatic rings. The molecule has 1 amide bonds. The standard InChI is InChI=1S/C17H16FNO4S/c18-12-3-1-11(2-4-12)14-5-6-15(24-14)17(22)19-7-8-23-13(10-19)9-16(20)21/h1-6,13H,7-10H2,(H,20,21). The molecule has 1 saturated heterocycles. The van der Waals surface area contributed by atoms with Crippen LogP contribution in [0.4, 0.5) is 4.39 Å². The van der Waals surface area contributed by atoms with Gasteiger partial charge in [-0.3, -0.25) is 9.59 Å². The Morgan fingerprint density at radius 3 is 2.71 bits per heavy atom. The second kappa shape index (κ2) is 7.11. The Hall–Kier alpha value is -2.25. The van der Waals surface area contributed by atoms with Gasteiger partial charge in [-0.25, -0.2) is 4.39 Å². The van der Waals surface area contributed by atoms with Crippen LogP contribution in [0.25, 0.3) is 10.4 Å². The average Bonchev–Trinajstić information content (AvgIpc) is 3.04. The van der Waals surface area contributed by atoms with Gasteiger partial charge in [0.05, 0.1) is 24.0 Å². The van der Waals surface area contributed by atoms with Crippen molar-refractivity contribution in [1.29, 1.82) is 0 Å². The second-order valence-corrected chi connectivity index (χ2v) is 6.60. The van der Waals surface area contributed by atoms with Crippen LogP contribution < -0.4 is 0 Å². The van der Waals surface area contributed by atoms with E-state index in [1.54, 1.807) is 23.1 Å². The molecule has 7 heteroatoms. The number of nitrogens with zero attached hydrogens (tertiary/aromatic N) is 1. The summed E-state index contributed by atoms with van der Waals surface area (Å²) in [4.78, 5) is 26.5.